The molecule has 96 valence electrons. The molecule has 0 fully saturated rings. The number of nitrogens with zero attached hydrogens (tertiary/aromatic N) is 1. The van der Waals surface area contributed by atoms with E-state index in [1.165, 1.54) is 10.5 Å². The Morgan fingerprint density at radius 3 is 3.00 bits per heavy atom. The molecule has 2 aromatic rings. The second kappa shape index (κ2) is 6.57. The molecule has 1 unspecified atom stereocenters. The van der Waals surface area contributed by atoms with Crippen LogP contribution in [0.1, 0.15) is 18.9 Å². The topological polar surface area (TPSA) is 38.9 Å². The van der Waals surface area contributed by atoms with Crippen LogP contribution in [0.3, 0.4) is 0 Å². The summed E-state index contributed by atoms with van der Waals surface area (Å²) in [4.78, 5) is 5.48. The average Bonchev–Trinajstić information content (AvgIpc) is 2.85. The van der Waals surface area contributed by atoms with Gasteiger partial charge in [-0.3, -0.25) is 0 Å². The molecule has 1 atom stereocenters. The third-order valence-electron chi connectivity index (χ3n) is 2.64. The number of benzene rings is 1. The van der Waals surface area contributed by atoms with Crippen molar-refractivity contribution in [2.45, 2.75) is 35.0 Å². The first kappa shape index (κ1) is 13.9. The molecule has 1 heterocycles. The fourth-order valence-electron chi connectivity index (χ4n) is 1.59. The maximum atomic E-state index is 6.06. The average molecular weight is 299 g/mol. The van der Waals surface area contributed by atoms with Crippen LogP contribution in [0.5, 0.6) is 0 Å². The Morgan fingerprint density at radius 2 is 2.33 bits per heavy atom. The summed E-state index contributed by atoms with van der Waals surface area (Å²) in [6, 6.07) is 6.15. The summed E-state index contributed by atoms with van der Waals surface area (Å²) < 4.78 is 1.05. The Balaban J connectivity index is 2.22. The molecule has 0 spiro atoms. The first-order valence-corrected chi connectivity index (χ1v) is 7.87. The first-order valence-electron chi connectivity index (χ1n) is 5.80. The predicted molar refractivity (Wildman–Crippen MR) is 79.7 cm³/mol. The maximum absolute atomic E-state index is 6.06. The Morgan fingerprint density at radius 1 is 1.50 bits per heavy atom. The molecule has 0 saturated heterocycles. The molecular weight excluding hydrogens is 284 g/mol. The van der Waals surface area contributed by atoms with Gasteiger partial charge in [-0.2, -0.15) is 0 Å². The molecule has 0 bridgehead atoms. The van der Waals surface area contributed by atoms with Crippen LogP contribution >= 0.6 is 34.7 Å². The summed E-state index contributed by atoms with van der Waals surface area (Å²) in [6.07, 6.45) is 3.64. The van der Waals surface area contributed by atoms with Crippen molar-refractivity contribution in [2.75, 3.05) is 0 Å². The Labute approximate surface area is 121 Å². The SMILES string of the molecule is CCC(N)Cc1cc(Cl)ccc1Sc1nccs1. The van der Waals surface area contributed by atoms with E-state index < -0.39 is 0 Å². The van der Waals surface area contributed by atoms with Gasteiger partial charge in [0.05, 0.1) is 0 Å². The van der Waals surface area contributed by atoms with Gasteiger partial charge in [0.15, 0.2) is 4.34 Å². The summed E-state index contributed by atoms with van der Waals surface area (Å²) in [5.74, 6) is 0. The van der Waals surface area contributed by atoms with Gasteiger partial charge in [-0.1, -0.05) is 30.3 Å². The fraction of sp³-hybridized carbons (Fsp3) is 0.308. The monoisotopic (exact) mass is 298 g/mol. The molecule has 5 heteroatoms. The van der Waals surface area contributed by atoms with Crippen molar-refractivity contribution < 1.29 is 0 Å². The van der Waals surface area contributed by atoms with Crippen LogP contribution in [-0.4, -0.2) is 11.0 Å². The van der Waals surface area contributed by atoms with E-state index in [4.69, 9.17) is 17.3 Å². The highest BCUT2D eigenvalue weighted by atomic mass is 35.5. The zero-order chi connectivity index (χ0) is 13.0. The molecule has 2 nitrogen and oxygen atoms in total. The molecule has 2 N–H and O–H groups in total. The molecule has 0 amide bonds. The minimum atomic E-state index is 0.180. The summed E-state index contributed by atoms with van der Waals surface area (Å²) in [5.41, 5.74) is 7.24. The lowest BCUT2D eigenvalue weighted by molar-refractivity contribution is 0.641. The number of halogens is 1. The molecule has 0 aliphatic heterocycles. The molecule has 0 saturated carbocycles. The van der Waals surface area contributed by atoms with Crippen LogP contribution in [0.4, 0.5) is 0 Å². The first-order chi connectivity index (χ1) is 8.69. The summed E-state index contributed by atoms with van der Waals surface area (Å²) in [5, 5.41) is 2.74. The highest BCUT2D eigenvalue weighted by molar-refractivity contribution is 8.01. The molecule has 0 aliphatic rings. The molecule has 1 aromatic heterocycles. The minimum Gasteiger partial charge on any atom is -0.327 e. The van der Waals surface area contributed by atoms with Crippen molar-refractivity contribution in [3.8, 4) is 0 Å². The van der Waals surface area contributed by atoms with Gasteiger partial charge in [-0.25, -0.2) is 4.98 Å². The standard InChI is InChI=1S/C13H15ClN2S2/c1-2-11(15)8-9-7-10(14)3-4-12(9)18-13-16-5-6-17-13/h3-7,11H,2,8,15H2,1H3. The van der Waals surface area contributed by atoms with Crippen molar-refractivity contribution in [2.24, 2.45) is 5.73 Å². The van der Waals surface area contributed by atoms with Crippen LogP contribution in [0.15, 0.2) is 39.0 Å². The molecule has 18 heavy (non-hydrogen) atoms. The third kappa shape index (κ3) is 3.72. The van der Waals surface area contributed by atoms with Crippen LogP contribution in [-0.2, 0) is 6.42 Å². The lowest BCUT2D eigenvalue weighted by atomic mass is 10.0. The van der Waals surface area contributed by atoms with Crippen molar-refractivity contribution >= 4 is 34.7 Å². The van der Waals surface area contributed by atoms with Gasteiger partial charge in [-0.15, -0.1) is 11.3 Å². The largest absolute Gasteiger partial charge is 0.327 e. The third-order valence-corrected chi connectivity index (χ3v) is 4.87. The Hall–Kier alpha value is -0.550. The zero-order valence-electron chi connectivity index (χ0n) is 10.1. The van der Waals surface area contributed by atoms with E-state index in [1.54, 1.807) is 23.1 Å². The number of thiazole rings is 1. The highest BCUT2D eigenvalue weighted by Gasteiger charge is 2.10. The fourth-order valence-corrected chi connectivity index (χ4v) is 3.48. The van der Waals surface area contributed by atoms with Crippen LogP contribution < -0.4 is 5.73 Å². The van der Waals surface area contributed by atoms with Crippen LogP contribution in [0.2, 0.25) is 5.02 Å². The van der Waals surface area contributed by atoms with E-state index in [0.29, 0.717) is 0 Å². The van der Waals surface area contributed by atoms with Crippen LogP contribution in [0.25, 0.3) is 0 Å². The van der Waals surface area contributed by atoms with Gasteiger partial charge in [0, 0.05) is 27.5 Å². The normalized spacial score (nSPS) is 12.6. The van der Waals surface area contributed by atoms with Crippen LogP contribution in [0, 0.1) is 0 Å². The van der Waals surface area contributed by atoms with E-state index in [-0.39, 0.29) is 6.04 Å². The number of hydrogen-bond donors (Lipinski definition) is 1. The lowest BCUT2D eigenvalue weighted by Gasteiger charge is -2.12. The van der Waals surface area contributed by atoms with E-state index in [1.807, 2.05) is 29.8 Å². The molecule has 0 radical (unpaired) electrons. The van der Waals surface area contributed by atoms with Gasteiger partial charge in [0.2, 0.25) is 0 Å². The second-order valence-electron chi connectivity index (χ2n) is 4.02. The van der Waals surface area contributed by atoms with Crippen molar-refractivity contribution in [1.29, 1.82) is 0 Å². The quantitative estimate of drug-likeness (QED) is 0.898. The predicted octanol–water partition coefficient (Wildman–Crippen LogP) is 4.23. The van der Waals surface area contributed by atoms with Gasteiger partial charge < -0.3 is 5.73 Å². The van der Waals surface area contributed by atoms with Gasteiger partial charge in [-0.05, 0) is 36.6 Å². The number of hydrogen-bond acceptors (Lipinski definition) is 4. The Bertz CT molecular complexity index is 500. The van der Waals surface area contributed by atoms with Gasteiger partial charge >= 0.3 is 0 Å². The number of aromatic nitrogens is 1. The molecule has 0 aliphatic carbocycles. The van der Waals surface area contributed by atoms with Crippen molar-refractivity contribution in [1.82, 2.24) is 4.98 Å². The minimum absolute atomic E-state index is 0.180. The summed E-state index contributed by atoms with van der Waals surface area (Å²) in [6.45, 7) is 2.10. The number of nitrogens with two attached hydrogens (primary N) is 1. The maximum Gasteiger partial charge on any atom is 0.154 e. The van der Waals surface area contributed by atoms with E-state index in [9.17, 15) is 0 Å². The smallest absolute Gasteiger partial charge is 0.154 e. The van der Waals surface area contributed by atoms with Crippen molar-refractivity contribution in [3.63, 3.8) is 0 Å². The molecule has 1 aromatic carbocycles. The van der Waals surface area contributed by atoms with E-state index in [0.717, 1.165) is 22.2 Å². The molecule has 2 rings (SSSR count). The van der Waals surface area contributed by atoms with Gasteiger partial charge in [0.1, 0.15) is 0 Å². The van der Waals surface area contributed by atoms with Gasteiger partial charge in [0.25, 0.3) is 0 Å². The number of rotatable bonds is 5. The van der Waals surface area contributed by atoms with E-state index >= 15 is 0 Å². The van der Waals surface area contributed by atoms with Crippen molar-refractivity contribution in [3.05, 3.63) is 40.4 Å². The summed E-state index contributed by atoms with van der Waals surface area (Å²) >= 11 is 9.38. The highest BCUT2D eigenvalue weighted by Crippen LogP contribution is 2.33. The zero-order valence-corrected chi connectivity index (χ0v) is 12.5. The second-order valence-corrected chi connectivity index (χ2v) is 6.64. The Kier molecular flexibility index (Phi) is 5.06. The summed E-state index contributed by atoms with van der Waals surface area (Å²) in [7, 11) is 0. The molecular formula is C13H15ClN2S2. The lowest BCUT2D eigenvalue weighted by Crippen LogP contribution is -2.21. The van der Waals surface area contributed by atoms with E-state index in [2.05, 4.69) is 11.9 Å².